The van der Waals surface area contributed by atoms with Gasteiger partial charge in [0.2, 0.25) is 11.8 Å². The number of imidazole rings is 2. The first-order valence-corrected chi connectivity index (χ1v) is 10.7. The quantitative estimate of drug-likeness (QED) is 0.277. The van der Waals surface area contributed by atoms with Crippen molar-refractivity contribution in [3.63, 3.8) is 0 Å². The summed E-state index contributed by atoms with van der Waals surface area (Å²) < 4.78 is 6.63. The topological polar surface area (TPSA) is 164 Å². The molecule has 0 N–H and O–H groups in total. The number of aromatic nitrogens is 8. The highest BCUT2D eigenvalue weighted by atomic mass is 16.2. The molecular weight excluding hydrogens is 476 g/mol. The number of carbonyl (C=O) groups excluding carboxylic acids is 2. The summed E-state index contributed by atoms with van der Waals surface area (Å²) in [7, 11) is 5.54. The average molecular weight is 500 g/mol. The lowest BCUT2D eigenvalue weighted by Gasteiger charge is -2.27. The zero-order valence-corrected chi connectivity index (χ0v) is 20.5. The van der Waals surface area contributed by atoms with E-state index >= 15 is 0 Å². The van der Waals surface area contributed by atoms with Crippen LogP contribution in [0.25, 0.3) is 22.3 Å². The lowest BCUT2D eigenvalue weighted by Crippen LogP contribution is -2.50. The highest BCUT2D eigenvalue weighted by molar-refractivity contribution is 5.88. The molecule has 0 aliphatic carbocycles. The van der Waals surface area contributed by atoms with Gasteiger partial charge < -0.3 is 0 Å². The highest BCUT2D eigenvalue weighted by Gasteiger charge is 2.24. The van der Waals surface area contributed by atoms with Gasteiger partial charge in [0.15, 0.2) is 22.3 Å². The minimum absolute atomic E-state index is 0.00104. The predicted octanol–water partition coefficient (Wildman–Crippen LogP) is -3.15. The van der Waals surface area contributed by atoms with Crippen molar-refractivity contribution in [3.8, 4) is 0 Å². The number of aryl methyl sites for hydroxylation is 2. The van der Waals surface area contributed by atoms with Crippen LogP contribution in [0.2, 0.25) is 0 Å². The van der Waals surface area contributed by atoms with Crippen molar-refractivity contribution in [1.82, 2.24) is 37.6 Å². The highest BCUT2D eigenvalue weighted by Crippen LogP contribution is 2.09. The first-order valence-electron chi connectivity index (χ1n) is 10.7. The largest absolute Gasteiger partial charge is 0.332 e. The van der Waals surface area contributed by atoms with E-state index in [1.807, 2.05) is 0 Å². The summed E-state index contributed by atoms with van der Waals surface area (Å²) >= 11 is 0. The zero-order valence-electron chi connectivity index (χ0n) is 20.5. The van der Waals surface area contributed by atoms with E-state index < -0.39 is 34.3 Å². The second kappa shape index (κ2) is 8.47. The number of rotatable bonds is 5. The fourth-order valence-electron chi connectivity index (χ4n) is 4.05. The molecule has 0 radical (unpaired) electrons. The molecule has 0 aliphatic heterocycles. The summed E-state index contributed by atoms with van der Waals surface area (Å²) in [6.07, 6.45) is 2.48. The van der Waals surface area contributed by atoms with Crippen LogP contribution in [0.5, 0.6) is 0 Å². The monoisotopic (exact) mass is 500 g/mol. The SMILES string of the molecule is CC(=O)N(CCN(C(C)=O)n1cnc2c1c(=O)n(C)c(=O)n2C)n1cnc2c1c(=O)n(C)c(=O)n2C. The molecule has 16 heteroatoms. The standard InChI is InChI=1S/C20H24N10O6/c1-11(31)27(29-9-21-15-13(29)17(33)25(5)19(35)23(15)3)7-8-28(12(2)32)30-10-22-16-14(30)18(34)26(6)20(36)24(16)4/h9-10H,7-8H2,1-6H3. The molecule has 4 aromatic heterocycles. The van der Waals surface area contributed by atoms with Crippen molar-refractivity contribution >= 4 is 34.1 Å². The molecule has 190 valence electrons. The van der Waals surface area contributed by atoms with Crippen LogP contribution in [0.1, 0.15) is 13.8 Å². The Kier molecular flexibility index (Phi) is 5.74. The lowest BCUT2D eigenvalue weighted by molar-refractivity contribution is -0.119. The molecule has 0 fully saturated rings. The molecule has 4 heterocycles. The van der Waals surface area contributed by atoms with Crippen molar-refractivity contribution in [1.29, 1.82) is 0 Å². The van der Waals surface area contributed by atoms with Gasteiger partial charge in [-0.3, -0.25) is 37.4 Å². The van der Waals surface area contributed by atoms with E-state index in [-0.39, 0.29) is 35.4 Å². The van der Waals surface area contributed by atoms with Gasteiger partial charge in [-0.05, 0) is 0 Å². The Hall–Kier alpha value is -4.76. The molecule has 0 spiro atoms. The molecule has 4 aromatic rings. The number of nitrogens with zero attached hydrogens (tertiary/aromatic N) is 10. The molecule has 2 amide bonds. The number of hydrogen-bond acceptors (Lipinski definition) is 8. The summed E-state index contributed by atoms with van der Waals surface area (Å²) in [6, 6.07) is 0. The van der Waals surface area contributed by atoms with E-state index in [0.29, 0.717) is 0 Å². The number of hydrogen-bond donors (Lipinski definition) is 0. The van der Waals surface area contributed by atoms with E-state index in [4.69, 9.17) is 0 Å². The summed E-state index contributed by atoms with van der Waals surface area (Å²) in [6.45, 7) is 2.32. The molecule has 4 rings (SSSR count). The molecule has 36 heavy (non-hydrogen) atoms. The number of fused-ring (bicyclic) bond motifs is 2. The van der Waals surface area contributed by atoms with Gasteiger partial charge in [0.05, 0.1) is 13.1 Å². The predicted molar refractivity (Wildman–Crippen MR) is 128 cm³/mol. The van der Waals surface area contributed by atoms with Crippen molar-refractivity contribution in [3.05, 3.63) is 54.3 Å². The van der Waals surface area contributed by atoms with Crippen LogP contribution in [0.15, 0.2) is 31.8 Å². The van der Waals surface area contributed by atoms with E-state index in [1.54, 1.807) is 0 Å². The third-order valence-corrected chi connectivity index (χ3v) is 6.03. The van der Waals surface area contributed by atoms with Gasteiger partial charge in [-0.15, -0.1) is 0 Å². The minimum Gasteiger partial charge on any atom is -0.279 e. The Labute approximate surface area is 201 Å². The minimum atomic E-state index is -0.648. The molecule has 0 aromatic carbocycles. The van der Waals surface area contributed by atoms with Crippen LogP contribution in [0.4, 0.5) is 0 Å². The van der Waals surface area contributed by atoms with E-state index in [1.165, 1.54) is 83.2 Å². The third kappa shape index (κ3) is 3.45. The van der Waals surface area contributed by atoms with Crippen molar-refractivity contribution in [2.24, 2.45) is 28.2 Å². The first-order chi connectivity index (χ1) is 16.9. The van der Waals surface area contributed by atoms with Gasteiger partial charge in [-0.25, -0.2) is 38.9 Å². The molecule has 16 nitrogen and oxygen atoms in total. The van der Waals surface area contributed by atoms with Gasteiger partial charge in [-0.2, -0.15) is 0 Å². The van der Waals surface area contributed by atoms with Gasteiger partial charge in [0, 0.05) is 42.0 Å². The van der Waals surface area contributed by atoms with Gasteiger partial charge >= 0.3 is 11.4 Å². The maximum atomic E-state index is 12.8. The van der Waals surface area contributed by atoms with Crippen LogP contribution in [0.3, 0.4) is 0 Å². The lowest BCUT2D eigenvalue weighted by atomic mass is 10.4. The van der Waals surface area contributed by atoms with Crippen molar-refractivity contribution in [2.45, 2.75) is 13.8 Å². The Morgan fingerprint density at radius 2 is 1.00 bits per heavy atom. The first kappa shape index (κ1) is 24.4. The van der Waals surface area contributed by atoms with Crippen molar-refractivity contribution < 1.29 is 9.59 Å². The zero-order chi connectivity index (χ0) is 26.6. The van der Waals surface area contributed by atoms with Crippen molar-refractivity contribution in [2.75, 3.05) is 23.1 Å². The Morgan fingerprint density at radius 1 is 0.667 bits per heavy atom. The summed E-state index contributed by atoms with van der Waals surface area (Å²) in [5.74, 6) is -0.940. The van der Waals surface area contributed by atoms with Gasteiger partial charge in [0.25, 0.3) is 11.1 Å². The fourth-order valence-corrected chi connectivity index (χ4v) is 4.05. The summed E-state index contributed by atoms with van der Waals surface area (Å²) in [5.41, 5.74) is -2.26. The number of carbonyl (C=O) groups is 2. The fraction of sp³-hybridized carbons (Fsp3) is 0.400. The van der Waals surface area contributed by atoms with Crippen LogP contribution >= 0.6 is 0 Å². The van der Waals surface area contributed by atoms with E-state index in [0.717, 1.165) is 9.13 Å². The second-order valence-corrected chi connectivity index (χ2v) is 8.22. The molecular formula is C20H24N10O6. The third-order valence-electron chi connectivity index (χ3n) is 6.03. The molecule has 0 saturated carbocycles. The maximum absolute atomic E-state index is 12.8. The van der Waals surface area contributed by atoms with Gasteiger partial charge in [-0.1, -0.05) is 0 Å². The smallest absolute Gasteiger partial charge is 0.279 e. The Balaban J connectivity index is 1.80. The molecule has 0 atom stereocenters. The van der Waals surface area contributed by atoms with Gasteiger partial charge in [0.1, 0.15) is 12.7 Å². The van der Waals surface area contributed by atoms with Crippen LogP contribution in [-0.4, -0.2) is 62.5 Å². The summed E-state index contributed by atoms with van der Waals surface area (Å²) in [4.78, 5) is 83.5. The number of amides is 2. The van der Waals surface area contributed by atoms with E-state index in [2.05, 4.69) is 9.97 Å². The maximum Gasteiger partial charge on any atom is 0.332 e. The Morgan fingerprint density at radius 3 is 1.31 bits per heavy atom. The average Bonchev–Trinajstić information content (AvgIpc) is 3.46. The molecule has 0 bridgehead atoms. The normalized spacial score (nSPS) is 11.4. The molecule has 0 unspecified atom stereocenters. The molecule has 0 aliphatic rings. The van der Waals surface area contributed by atoms with Crippen LogP contribution in [-0.2, 0) is 37.8 Å². The second-order valence-electron chi connectivity index (χ2n) is 8.22. The summed E-state index contributed by atoms with van der Waals surface area (Å²) in [5, 5.41) is 2.37. The van der Waals surface area contributed by atoms with E-state index in [9.17, 15) is 28.8 Å². The molecule has 0 saturated heterocycles. The van der Waals surface area contributed by atoms with Crippen LogP contribution < -0.4 is 32.5 Å². The Bertz CT molecular complexity index is 1660. The van der Waals surface area contributed by atoms with Crippen LogP contribution in [0, 0.1) is 0 Å².